The minimum absolute atomic E-state index is 0.366. The van der Waals surface area contributed by atoms with Crippen LogP contribution in [-0.2, 0) is 0 Å². The van der Waals surface area contributed by atoms with Gasteiger partial charge in [-0.2, -0.15) is 0 Å². The van der Waals surface area contributed by atoms with Crippen molar-refractivity contribution in [2.45, 2.75) is 0 Å². The summed E-state index contributed by atoms with van der Waals surface area (Å²) in [4.78, 5) is 0. The van der Waals surface area contributed by atoms with Crippen molar-refractivity contribution in [3.8, 4) is 0 Å². The van der Waals surface area contributed by atoms with Crippen LogP contribution in [0.4, 0.5) is 0 Å². The molecule has 0 saturated heterocycles. The highest BCUT2D eigenvalue weighted by molar-refractivity contribution is 8.04. The minimum Gasteiger partial charge on any atom is 0.0306 e. The molecule has 5 heavy (non-hydrogen) atoms. The van der Waals surface area contributed by atoms with E-state index in [-0.39, 0.29) is 0 Å². The Balaban J connectivity index is 2.54. The van der Waals surface area contributed by atoms with Gasteiger partial charge in [0.25, 0.3) is 0 Å². The predicted octanol–water partition coefficient (Wildman–Crippen LogP) is 2.27. The van der Waals surface area contributed by atoms with E-state index < -0.39 is 0 Å². The lowest BCUT2D eigenvalue weighted by atomic mass is 11.9. The second kappa shape index (κ2) is 3.01. The first-order valence-electron chi connectivity index (χ1n) is 0.990. The smallest absolute Gasteiger partial charge is 0.0306 e. The molecule has 0 radical (unpaired) electrons. The number of thioether (sulfide) groups is 1. The van der Waals surface area contributed by atoms with E-state index in [1.165, 1.54) is 11.8 Å². The Hall–Kier alpha value is 0.800. The predicted molar refractivity (Wildman–Crippen MR) is 28.5 cm³/mol. The number of rotatable bonds is 1. The van der Waals surface area contributed by atoms with E-state index in [2.05, 4.69) is 0 Å². The van der Waals surface area contributed by atoms with Crippen molar-refractivity contribution < 1.29 is 0 Å². The molecule has 0 bridgehead atoms. The van der Waals surface area contributed by atoms with E-state index in [1.807, 2.05) is 6.26 Å². The summed E-state index contributed by atoms with van der Waals surface area (Å²) in [6.45, 7) is 0. The van der Waals surface area contributed by atoms with Crippen molar-refractivity contribution in [1.29, 1.82) is 0 Å². The molecular weight excluding hydrogens is 127 g/mol. The molecule has 0 spiro atoms. The zero-order chi connectivity index (χ0) is 4.28. The van der Waals surface area contributed by atoms with Crippen LogP contribution >= 0.6 is 35.0 Å². The molecule has 3 heteroatoms. The SMILES string of the molecule is CS[C+](Cl)Cl. The van der Waals surface area contributed by atoms with Gasteiger partial charge >= 0.3 is 4.17 Å². The van der Waals surface area contributed by atoms with Crippen molar-refractivity contribution in [2.24, 2.45) is 0 Å². The fourth-order valence-corrected chi connectivity index (χ4v) is 0. The Labute approximate surface area is 45.8 Å². The molecule has 0 heterocycles. The molecule has 0 aromatic heterocycles. The van der Waals surface area contributed by atoms with Crippen LogP contribution < -0.4 is 0 Å². The Morgan fingerprint density at radius 2 is 1.80 bits per heavy atom. The highest BCUT2D eigenvalue weighted by atomic mass is 35.5. The van der Waals surface area contributed by atoms with E-state index in [0.717, 1.165) is 0 Å². The van der Waals surface area contributed by atoms with Crippen LogP contribution in [0, 0.1) is 4.17 Å². The van der Waals surface area contributed by atoms with Crippen LogP contribution in [0.25, 0.3) is 0 Å². The van der Waals surface area contributed by atoms with Crippen molar-refractivity contribution in [3.63, 3.8) is 0 Å². The summed E-state index contributed by atoms with van der Waals surface area (Å²) in [7, 11) is 0. The first kappa shape index (κ1) is 5.80. The summed E-state index contributed by atoms with van der Waals surface area (Å²) >= 11 is 11.5. The summed E-state index contributed by atoms with van der Waals surface area (Å²) in [6, 6.07) is 0. The molecule has 0 aliphatic rings. The molecule has 0 rings (SSSR count). The van der Waals surface area contributed by atoms with Crippen LogP contribution in [0.2, 0.25) is 0 Å². The summed E-state index contributed by atoms with van der Waals surface area (Å²) in [6.07, 6.45) is 1.81. The van der Waals surface area contributed by atoms with Gasteiger partial charge in [0, 0.05) is 6.26 Å². The van der Waals surface area contributed by atoms with E-state index in [9.17, 15) is 0 Å². The summed E-state index contributed by atoms with van der Waals surface area (Å²) in [5.41, 5.74) is 0. The van der Waals surface area contributed by atoms with Crippen LogP contribution in [0.1, 0.15) is 0 Å². The van der Waals surface area contributed by atoms with Gasteiger partial charge in [-0.05, 0) is 0 Å². The van der Waals surface area contributed by atoms with Crippen molar-refractivity contribution in [2.75, 3.05) is 6.26 Å². The standard InChI is InChI=1S/C2H3Cl2S/c1-5-2(3)4/h1H3/q+1. The van der Waals surface area contributed by atoms with Gasteiger partial charge in [0.05, 0.1) is 0 Å². The average Bonchev–Trinajstić information content (AvgIpc) is 1.38. The van der Waals surface area contributed by atoms with Crippen LogP contribution in [0.15, 0.2) is 0 Å². The van der Waals surface area contributed by atoms with Gasteiger partial charge in [0.1, 0.15) is 11.8 Å². The lowest BCUT2D eigenvalue weighted by Crippen LogP contribution is -1.53. The Kier molecular flexibility index (Phi) is 3.49. The highest BCUT2D eigenvalue weighted by Gasteiger charge is 2.09. The van der Waals surface area contributed by atoms with Crippen LogP contribution in [0.5, 0.6) is 0 Å². The fraction of sp³-hybridized carbons (Fsp3) is 0.500. The maximum absolute atomic E-state index is 5.11. The molecule has 0 atom stereocenters. The van der Waals surface area contributed by atoms with Crippen molar-refractivity contribution in [1.82, 2.24) is 0 Å². The summed E-state index contributed by atoms with van der Waals surface area (Å²) in [5.74, 6) is 0. The first-order valence-corrected chi connectivity index (χ1v) is 2.97. The van der Waals surface area contributed by atoms with Gasteiger partial charge in [-0.1, -0.05) is 0 Å². The fourth-order valence-electron chi connectivity index (χ4n) is 0. The third-order valence-corrected chi connectivity index (χ3v) is 1.39. The first-order chi connectivity index (χ1) is 2.27. The maximum Gasteiger partial charge on any atom is 0.374 e. The van der Waals surface area contributed by atoms with Crippen LogP contribution in [-0.4, -0.2) is 6.26 Å². The molecule has 0 aliphatic heterocycles. The molecule has 0 fully saturated rings. The van der Waals surface area contributed by atoms with E-state index >= 15 is 0 Å². The Bertz CT molecular complexity index is 21.6. The summed E-state index contributed by atoms with van der Waals surface area (Å²) in [5, 5.41) is 0. The highest BCUT2D eigenvalue weighted by Crippen LogP contribution is 2.23. The van der Waals surface area contributed by atoms with E-state index in [1.54, 1.807) is 0 Å². The number of hydrogen-bond acceptors (Lipinski definition) is 1. The van der Waals surface area contributed by atoms with Gasteiger partial charge < -0.3 is 0 Å². The van der Waals surface area contributed by atoms with Crippen molar-refractivity contribution in [3.05, 3.63) is 4.17 Å². The molecular formula is C2H3Cl2S+. The normalized spacial score (nSPS) is 7.80. The number of hydrogen-bond donors (Lipinski definition) is 0. The topological polar surface area (TPSA) is 0 Å². The van der Waals surface area contributed by atoms with Crippen LogP contribution in [0.3, 0.4) is 0 Å². The lowest BCUT2D eigenvalue weighted by molar-refractivity contribution is 2.33. The monoisotopic (exact) mass is 129 g/mol. The minimum atomic E-state index is 0.366. The quantitative estimate of drug-likeness (QED) is 0.490. The third kappa shape index (κ3) is 4.80. The average molecular weight is 130 g/mol. The van der Waals surface area contributed by atoms with Gasteiger partial charge in [0.15, 0.2) is 23.2 Å². The second-order valence-electron chi connectivity index (χ2n) is 0.430. The molecule has 0 unspecified atom stereocenters. The van der Waals surface area contributed by atoms with Gasteiger partial charge in [-0.25, -0.2) is 0 Å². The zero-order valence-corrected chi connectivity index (χ0v) is 4.99. The molecule has 0 nitrogen and oxygen atoms in total. The zero-order valence-electron chi connectivity index (χ0n) is 2.66. The van der Waals surface area contributed by atoms with Gasteiger partial charge in [-0.3, -0.25) is 0 Å². The molecule has 0 N–H and O–H groups in total. The third-order valence-electron chi connectivity index (χ3n) is 0.154. The van der Waals surface area contributed by atoms with E-state index in [0.29, 0.717) is 4.17 Å². The van der Waals surface area contributed by atoms with Gasteiger partial charge in [-0.15, -0.1) is 0 Å². The maximum atomic E-state index is 5.11. The molecule has 0 aliphatic carbocycles. The second-order valence-corrected chi connectivity index (χ2v) is 2.64. The lowest BCUT2D eigenvalue weighted by Gasteiger charge is -1.62. The van der Waals surface area contributed by atoms with Crippen molar-refractivity contribution >= 4 is 35.0 Å². The molecule has 0 aromatic carbocycles. The Morgan fingerprint density at radius 1 is 1.60 bits per heavy atom. The molecule has 0 amide bonds. The van der Waals surface area contributed by atoms with Gasteiger partial charge in [0.2, 0.25) is 0 Å². The molecule has 0 saturated carbocycles. The molecule has 0 aromatic rings. The summed E-state index contributed by atoms with van der Waals surface area (Å²) < 4.78 is 0.366. The largest absolute Gasteiger partial charge is 0.374 e. The van der Waals surface area contributed by atoms with E-state index in [4.69, 9.17) is 23.2 Å². The Morgan fingerprint density at radius 3 is 1.80 bits per heavy atom. The number of halogens is 2. The molecule has 30 valence electrons.